The Bertz CT molecular complexity index is 613. The van der Waals surface area contributed by atoms with E-state index >= 15 is 0 Å². The minimum absolute atomic E-state index is 0.135. The first-order valence-electron chi connectivity index (χ1n) is 5.87. The summed E-state index contributed by atoms with van der Waals surface area (Å²) in [4.78, 5) is 0.135. The van der Waals surface area contributed by atoms with Crippen LogP contribution in [-0.2, 0) is 6.54 Å². The van der Waals surface area contributed by atoms with Gasteiger partial charge in [-0.1, -0.05) is 22.0 Å². The largest absolute Gasteiger partial charge is 0.446 e. The van der Waals surface area contributed by atoms with Crippen molar-refractivity contribution in [2.45, 2.75) is 16.9 Å². The number of nitrogens with one attached hydrogen (secondary N) is 1. The molecule has 0 saturated heterocycles. The Kier molecular flexibility index (Phi) is 5.16. The summed E-state index contributed by atoms with van der Waals surface area (Å²) in [5.74, 6) is -0.334. The van der Waals surface area contributed by atoms with Crippen LogP contribution in [0.4, 0.5) is 23.2 Å². The Labute approximate surface area is 131 Å². The van der Waals surface area contributed by atoms with E-state index in [-0.39, 0.29) is 22.5 Å². The summed E-state index contributed by atoms with van der Waals surface area (Å²) in [6, 6.07) is 10.3. The average molecular weight is 380 g/mol. The molecule has 1 N–H and O–H groups in total. The highest BCUT2D eigenvalue weighted by molar-refractivity contribution is 9.10. The fraction of sp³-hybridized carbons (Fsp3) is 0.143. The Morgan fingerprint density at radius 2 is 1.71 bits per heavy atom. The first-order valence-corrected chi connectivity index (χ1v) is 7.48. The Hall–Kier alpha value is -1.21. The highest BCUT2D eigenvalue weighted by Gasteiger charge is 2.28. The number of hydrogen-bond acceptors (Lipinski definition) is 2. The van der Waals surface area contributed by atoms with E-state index in [4.69, 9.17) is 0 Å². The Morgan fingerprint density at radius 3 is 2.29 bits per heavy atom. The van der Waals surface area contributed by atoms with Crippen LogP contribution in [0.25, 0.3) is 0 Å². The van der Waals surface area contributed by atoms with Crippen molar-refractivity contribution in [1.82, 2.24) is 0 Å². The van der Waals surface area contributed by atoms with Crippen molar-refractivity contribution in [3.8, 4) is 0 Å². The van der Waals surface area contributed by atoms with Gasteiger partial charge in [-0.15, -0.1) is 0 Å². The lowest BCUT2D eigenvalue weighted by atomic mass is 10.2. The molecule has 0 amide bonds. The van der Waals surface area contributed by atoms with E-state index in [0.717, 1.165) is 5.56 Å². The van der Waals surface area contributed by atoms with E-state index in [0.29, 0.717) is 16.7 Å². The van der Waals surface area contributed by atoms with Crippen LogP contribution >= 0.6 is 27.7 Å². The van der Waals surface area contributed by atoms with Gasteiger partial charge in [0.05, 0.1) is 0 Å². The first kappa shape index (κ1) is 16.2. The molecular formula is C14H10BrF4NS. The quantitative estimate of drug-likeness (QED) is 0.531. The molecule has 0 bridgehead atoms. The summed E-state index contributed by atoms with van der Waals surface area (Å²) in [7, 11) is 0. The van der Waals surface area contributed by atoms with Gasteiger partial charge < -0.3 is 5.32 Å². The maximum absolute atomic E-state index is 12.9. The summed E-state index contributed by atoms with van der Waals surface area (Å²) >= 11 is 3.11. The van der Waals surface area contributed by atoms with Crippen LogP contribution < -0.4 is 5.32 Å². The van der Waals surface area contributed by atoms with Crippen molar-refractivity contribution in [3.63, 3.8) is 0 Å². The normalized spacial score (nSPS) is 11.5. The lowest BCUT2D eigenvalue weighted by Gasteiger charge is -2.10. The fourth-order valence-electron chi connectivity index (χ4n) is 1.64. The van der Waals surface area contributed by atoms with E-state index in [1.807, 2.05) is 0 Å². The van der Waals surface area contributed by atoms with Gasteiger partial charge in [-0.3, -0.25) is 0 Å². The number of alkyl halides is 3. The van der Waals surface area contributed by atoms with Crippen LogP contribution in [0.5, 0.6) is 0 Å². The van der Waals surface area contributed by atoms with Gasteiger partial charge in [-0.2, -0.15) is 13.2 Å². The second kappa shape index (κ2) is 6.70. The molecular weight excluding hydrogens is 370 g/mol. The molecule has 0 spiro atoms. The molecule has 0 fully saturated rings. The molecule has 0 radical (unpaired) electrons. The van der Waals surface area contributed by atoms with Crippen molar-refractivity contribution in [2.75, 3.05) is 5.32 Å². The number of thioether (sulfide) groups is 1. The number of rotatable bonds is 4. The molecule has 0 heterocycles. The fourth-order valence-corrected chi connectivity index (χ4v) is 2.67. The van der Waals surface area contributed by atoms with Crippen molar-refractivity contribution in [1.29, 1.82) is 0 Å². The zero-order valence-corrected chi connectivity index (χ0v) is 12.9. The van der Waals surface area contributed by atoms with Gasteiger partial charge >= 0.3 is 5.51 Å². The monoisotopic (exact) mass is 379 g/mol. The van der Waals surface area contributed by atoms with Crippen molar-refractivity contribution in [3.05, 3.63) is 58.3 Å². The molecule has 0 aliphatic rings. The van der Waals surface area contributed by atoms with Crippen molar-refractivity contribution in [2.24, 2.45) is 0 Å². The van der Waals surface area contributed by atoms with E-state index in [1.165, 1.54) is 24.3 Å². The molecule has 7 heteroatoms. The maximum Gasteiger partial charge on any atom is 0.446 e. The molecule has 112 valence electrons. The molecule has 21 heavy (non-hydrogen) atoms. The minimum atomic E-state index is -4.28. The number of benzene rings is 2. The standard InChI is InChI=1S/C14H10BrF4NS/c15-13-7-10(16)2-1-9(13)8-20-11-3-5-12(6-4-11)21-14(17,18)19/h1-7,20H,8H2. The van der Waals surface area contributed by atoms with Gasteiger partial charge in [0.25, 0.3) is 0 Å². The average Bonchev–Trinajstić information content (AvgIpc) is 2.38. The SMILES string of the molecule is Fc1ccc(CNc2ccc(SC(F)(F)F)cc2)c(Br)c1. The van der Waals surface area contributed by atoms with Gasteiger partial charge in [0, 0.05) is 21.6 Å². The molecule has 2 aromatic carbocycles. The minimum Gasteiger partial charge on any atom is -0.381 e. The summed E-state index contributed by atoms with van der Waals surface area (Å²) in [5, 5.41) is 3.07. The van der Waals surface area contributed by atoms with Crippen molar-refractivity contribution >= 4 is 33.4 Å². The van der Waals surface area contributed by atoms with Crippen LogP contribution in [0, 0.1) is 5.82 Å². The maximum atomic E-state index is 12.9. The first-order chi connectivity index (χ1) is 9.83. The third kappa shape index (κ3) is 5.24. The topological polar surface area (TPSA) is 12.0 Å². The molecule has 1 nitrogen and oxygen atoms in total. The smallest absolute Gasteiger partial charge is 0.381 e. The Morgan fingerprint density at radius 1 is 1.05 bits per heavy atom. The van der Waals surface area contributed by atoms with E-state index in [9.17, 15) is 17.6 Å². The number of halogens is 5. The van der Waals surface area contributed by atoms with Gasteiger partial charge in [-0.25, -0.2) is 4.39 Å². The lowest BCUT2D eigenvalue weighted by molar-refractivity contribution is -0.0328. The third-order valence-electron chi connectivity index (χ3n) is 2.59. The summed E-state index contributed by atoms with van der Waals surface area (Å²) < 4.78 is 50.2. The van der Waals surface area contributed by atoms with Crippen LogP contribution in [0.3, 0.4) is 0 Å². The van der Waals surface area contributed by atoms with Crippen LogP contribution in [0.15, 0.2) is 51.8 Å². The summed E-state index contributed by atoms with van der Waals surface area (Å²) in [6.45, 7) is 0.437. The number of anilines is 1. The van der Waals surface area contributed by atoms with Crippen LogP contribution in [0.1, 0.15) is 5.56 Å². The molecule has 0 aliphatic heterocycles. The zero-order valence-electron chi connectivity index (χ0n) is 10.5. The molecule has 0 saturated carbocycles. The van der Waals surface area contributed by atoms with Crippen LogP contribution in [0.2, 0.25) is 0 Å². The van der Waals surface area contributed by atoms with Gasteiger partial charge in [-0.05, 0) is 53.7 Å². The van der Waals surface area contributed by atoms with Crippen LogP contribution in [-0.4, -0.2) is 5.51 Å². The number of hydrogen-bond donors (Lipinski definition) is 1. The molecule has 0 aromatic heterocycles. The highest BCUT2D eigenvalue weighted by atomic mass is 79.9. The lowest BCUT2D eigenvalue weighted by Crippen LogP contribution is -2.01. The summed E-state index contributed by atoms with van der Waals surface area (Å²) in [6.07, 6.45) is 0. The second-order valence-corrected chi connectivity index (χ2v) is 6.15. The van der Waals surface area contributed by atoms with Gasteiger partial charge in [0.1, 0.15) is 5.82 Å². The predicted molar refractivity (Wildman–Crippen MR) is 79.8 cm³/mol. The zero-order chi connectivity index (χ0) is 15.5. The van der Waals surface area contributed by atoms with Crippen molar-refractivity contribution < 1.29 is 17.6 Å². The van der Waals surface area contributed by atoms with E-state index < -0.39 is 5.51 Å². The third-order valence-corrected chi connectivity index (χ3v) is 4.06. The van der Waals surface area contributed by atoms with Gasteiger partial charge in [0.2, 0.25) is 0 Å². The van der Waals surface area contributed by atoms with E-state index in [1.54, 1.807) is 18.2 Å². The predicted octanol–water partition coefficient (Wildman–Crippen LogP) is 5.81. The molecule has 2 rings (SSSR count). The highest BCUT2D eigenvalue weighted by Crippen LogP contribution is 2.37. The summed E-state index contributed by atoms with van der Waals surface area (Å²) in [5.41, 5.74) is -2.74. The van der Waals surface area contributed by atoms with E-state index in [2.05, 4.69) is 21.2 Å². The Balaban J connectivity index is 1.97. The molecule has 0 aliphatic carbocycles. The van der Waals surface area contributed by atoms with Gasteiger partial charge in [0.15, 0.2) is 0 Å². The molecule has 0 unspecified atom stereocenters. The second-order valence-electron chi connectivity index (χ2n) is 4.16. The molecule has 0 atom stereocenters. The molecule has 2 aromatic rings.